The number of hydrogen-bond donors (Lipinski definition) is 2. The fraction of sp³-hybridized carbons (Fsp3) is 0.107. The van der Waals surface area contributed by atoms with E-state index in [4.69, 9.17) is 19.6 Å². The first-order chi connectivity index (χ1) is 19.2. The second kappa shape index (κ2) is 10.7. The molecule has 0 aliphatic carbocycles. The maximum absolute atomic E-state index is 13.7. The van der Waals surface area contributed by atoms with Crippen molar-refractivity contribution in [3.05, 3.63) is 94.9 Å². The minimum Gasteiger partial charge on any atom is -0.493 e. The van der Waals surface area contributed by atoms with Gasteiger partial charge in [0.15, 0.2) is 17.3 Å². The Morgan fingerprint density at radius 3 is 2.40 bits per heavy atom. The van der Waals surface area contributed by atoms with E-state index >= 15 is 0 Å². The molecule has 3 aromatic heterocycles. The number of benzene rings is 2. The highest BCUT2D eigenvalue weighted by Gasteiger charge is 2.35. The number of furan rings is 1. The Kier molecular flexibility index (Phi) is 7.18. The van der Waals surface area contributed by atoms with Crippen LogP contribution in [-0.4, -0.2) is 23.9 Å². The molecular formula is C28H20F3N3O5S. The van der Waals surface area contributed by atoms with E-state index in [9.17, 15) is 22.8 Å². The number of primary amides is 1. The van der Waals surface area contributed by atoms with E-state index in [1.165, 1.54) is 19.2 Å². The molecule has 3 N–H and O–H groups in total. The third-order valence-electron chi connectivity index (χ3n) is 5.82. The van der Waals surface area contributed by atoms with Gasteiger partial charge in [-0.25, -0.2) is 4.98 Å². The van der Waals surface area contributed by atoms with E-state index in [-0.39, 0.29) is 38.7 Å². The quantitative estimate of drug-likeness (QED) is 0.221. The van der Waals surface area contributed by atoms with Crippen molar-refractivity contribution in [3.8, 4) is 22.6 Å². The molecular weight excluding hydrogens is 547 g/mol. The van der Waals surface area contributed by atoms with Gasteiger partial charge in [0, 0.05) is 5.39 Å². The van der Waals surface area contributed by atoms with Gasteiger partial charge in [-0.2, -0.15) is 13.2 Å². The van der Waals surface area contributed by atoms with Gasteiger partial charge in [0.25, 0.3) is 11.8 Å². The molecule has 40 heavy (non-hydrogen) atoms. The Hall–Kier alpha value is -4.84. The van der Waals surface area contributed by atoms with E-state index in [2.05, 4.69) is 10.3 Å². The van der Waals surface area contributed by atoms with Gasteiger partial charge in [-0.3, -0.25) is 9.59 Å². The third-order valence-corrected chi connectivity index (χ3v) is 6.92. The van der Waals surface area contributed by atoms with Gasteiger partial charge in [-0.1, -0.05) is 42.5 Å². The van der Waals surface area contributed by atoms with Crippen LogP contribution in [0.4, 0.5) is 18.9 Å². The molecule has 3 heterocycles. The number of para-hydroxylation sites is 2. The summed E-state index contributed by atoms with van der Waals surface area (Å²) in [6, 6.07) is 19.1. The van der Waals surface area contributed by atoms with Crippen LogP contribution in [0.3, 0.4) is 0 Å². The number of nitrogens with one attached hydrogen (secondary N) is 1. The van der Waals surface area contributed by atoms with Crippen LogP contribution in [0.25, 0.3) is 21.3 Å². The highest BCUT2D eigenvalue weighted by atomic mass is 32.1. The number of alkyl halides is 3. The number of nitrogens with two attached hydrogens (primary N) is 1. The van der Waals surface area contributed by atoms with Crippen LogP contribution in [0.1, 0.15) is 31.7 Å². The zero-order chi connectivity index (χ0) is 28.4. The first kappa shape index (κ1) is 26.8. The van der Waals surface area contributed by atoms with E-state index in [0.29, 0.717) is 34.2 Å². The van der Waals surface area contributed by atoms with Crippen LogP contribution in [0.15, 0.2) is 77.2 Å². The molecule has 204 valence electrons. The molecule has 5 aromatic rings. The lowest BCUT2D eigenvalue weighted by molar-refractivity contribution is -0.140. The average molecular weight is 568 g/mol. The number of thiophene rings is 1. The number of carbonyl (C=O) groups is 2. The lowest BCUT2D eigenvalue weighted by atomic mass is 10.0. The molecule has 8 nitrogen and oxygen atoms in total. The Balaban J connectivity index is 1.50. The second-order valence-electron chi connectivity index (χ2n) is 8.43. The van der Waals surface area contributed by atoms with Crippen LogP contribution in [0.5, 0.6) is 11.5 Å². The van der Waals surface area contributed by atoms with Crippen molar-refractivity contribution in [3.63, 3.8) is 0 Å². The number of anilines is 1. The number of aromatic nitrogens is 1. The summed E-state index contributed by atoms with van der Waals surface area (Å²) < 4.78 is 57.6. The SMILES string of the molecule is COc1ccccc1OCc1ccc(C(=O)Nc2c(C(N)=O)sc3nc(C(F)(F)F)cc(-c4ccccc4)c23)o1. The van der Waals surface area contributed by atoms with Crippen molar-refractivity contribution in [2.24, 2.45) is 5.73 Å². The number of carbonyl (C=O) groups excluding carboxylic acids is 2. The minimum absolute atomic E-state index is 0.0101. The smallest absolute Gasteiger partial charge is 0.433 e. The molecule has 12 heteroatoms. The number of ether oxygens (including phenoxy) is 2. The molecule has 0 fully saturated rings. The van der Waals surface area contributed by atoms with E-state index in [1.54, 1.807) is 54.6 Å². The van der Waals surface area contributed by atoms with Crippen LogP contribution < -0.4 is 20.5 Å². The number of rotatable bonds is 8. The molecule has 0 aliphatic rings. The molecule has 0 saturated heterocycles. The third kappa shape index (κ3) is 5.34. The predicted molar refractivity (Wildman–Crippen MR) is 143 cm³/mol. The standard InChI is InChI=1S/C28H20F3N3O5S/c1-37-18-9-5-6-10-19(18)38-14-16-11-12-20(39-16)26(36)34-23-22-17(15-7-3-2-4-8-15)13-21(28(29,30)31)33-27(22)40-24(23)25(32)35/h2-13H,14H2,1H3,(H2,32,35)(H,34,36). The number of pyridine rings is 1. The molecule has 5 rings (SSSR count). The van der Waals surface area contributed by atoms with Gasteiger partial charge in [-0.15, -0.1) is 11.3 Å². The number of fused-ring (bicyclic) bond motifs is 1. The minimum atomic E-state index is -4.74. The number of halogens is 3. The fourth-order valence-corrected chi connectivity index (χ4v) is 5.03. The van der Waals surface area contributed by atoms with Crippen LogP contribution in [-0.2, 0) is 12.8 Å². The maximum Gasteiger partial charge on any atom is 0.433 e. The Labute approximate surface area is 229 Å². The van der Waals surface area contributed by atoms with Crippen molar-refractivity contribution in [1.29, 1.82) is 0 Å². The monoisotopic (exact) mass is 567 g/mol. The summed E-state index contributed by atoms with van der Waals surface area (Å²) in [6.45, 7) is -0.0101. The fourth-order valence-electron chi connectivity index (χ4n) is 4.02. The zero-order valence-electron chi connectivity index (χ0n) is 20.7. The van der Waals surface area contributed by atoms with Gasteiger partial charge in [0.1, 0.15) is 27.8 Å². The van der Waals surface area contributed by atoms with Crippen LogP contribution in [0, 0.1) is 0 Å². The van der Waals surface area contributed by atoms with E-state index in [0.717, 1.165) is 6.07 Å². The van der Waals surface area contributed by atoms with Gasteiger partial charge in [0.05, 0.1) is 12.8 Å². The van der Waals surface area contributed by atoms with Crippen molar-refractivity contribution in [1.82, 2.24) is 4.98 Å². The summed E-state index contributed by atoms with van der Waals surface area (Å²) >= 11 is 0.660. The molecule has 0 unspecified atom stereocenters. The van der Waals surface area contributed by atoms with Crippen molar-refractivity contribution < 1.29 is 36.7 Å². The van der Waals surface area contributed by atoms with Crippen molar-refractivity contribution in [2.45, 2.75) is 12.8 Å². The average Bonchev–Trinajstić information content (AvgIpc) is 3.57. The predicted octanol–water partition coefficient (Wildman–Crippen LogP) is 6.51. The largest absolute Gasteiger partial charge is 0.493 e. The Morgan fingerprint density at radius 2 is 1.73 bits per heavy atom. The Morgan fingerprint density at radius 1 is 1.02 bits per heavy atom. The highest BCUT2D eigenvalue weighted by Crippen LogP contribution is 2.43. The molecule has 0 aliphatic heterocycles. The number of nitrogens with zero attached hydrogens (tertiary/aromatic N) is 1. The number of hydrogen-bond acceptors (Lipinski definition) is 7. The lowest BCUT2D eigenvalue weighted by Gasteiger charge is -2.12. The molecule has 0 bridgehead atoms. The molecule has 0 saturated carbocycles. The highest BCUT2D eigenvalue weighted by molar-refractivity contribution is 7.21. The summed E-state index contributed by atoms with van der Waals surface area (Å²) in [6.07, 6.45) is -4.74. The number of methoxy groups -OCH3 is 1. The van der Waals surface area contributed by atoms with Gasteiger partial charge in [0.2, 0.25) is 0 Å². The summed E-state index contributed by atoms with van der Waals surface area (Å²) in [5, 5.41) is 2.75. The lowest BCUT2D eigenvalue weighted by Crippen LogP contribution is -2.16. The Bertz CT molecular complexity index is 1710. The van der Waals surface area contributed by atoms with Gasteiger partial charge < -0.3 is 24.9 Å². The zero-order valence-corrected chi connectivity index (χ0v) is 21.6. The summed E-state index contributed by atoms with van der Waals surface area (Å²) in [5.41, 5.74) is 4.91. The molecule has 0 atom stereocenters. The summed E-state index contributed by atoms with van der Waals surface area (Å²) in [5.74, 6) is -0.479. The van der Waals surface area contributed by atoms with Crippen molar-refractivity contribution >= 4 is 39.1 Å². The van der Waals surface area contributed by atoms with E-state index in [1.807, 2.05) is 0 Å². The topological polar surface area (TPSA) is 117 Å². The second-order valence-corrected chi connectivity index (χ2v) is 9.43. The van der Waals surface area contributed by atoms with Crippen LogP contribution in [0.2, 0.25) is 0 Å². The molecule has 0 spiro atoms. The van der Waals surface area contributed by atoms with Gasteiger partial charge >= 0.3 is 6.18 Å². The normalized spacial score (nSPS) is 11.4. The molecule has 2 amide bonds. The van der Waals surface area contributed by atoms with Crippen molar-refractivity contribution in [2.75, 3.05) is 12.4 Å². The first-order valence-electron chi connectivity index (χ1n) is 11.7. The van der Waals surface area contributed by atoms with Crippen LogP contribution >= 0.6 is 11.3 Å². The van der Waals surface area contributed by atoms with E-state index < -0.39 is 23.7 Å². The summed E-state index contributed by atoms with van der Waals surface area (Å²) in [4.78, 5) is 28.9. The molecule has 2 aromatic carbocycles. The first-order valence-corrected chi connectivity index (χ1v) is 12.5. The summed E-state index contributed by atoms with van der Waals surface area (Å²) in [7, 11) is 1.51. The maximum atomic E-state index is 13.7. The number of amides is 2. The van der Waals surface area contributed by atoms with Gasteiger partial charge in [-0.05, 0) is 41.5 Å². The molecule has 0 radical (unpaired) electrons.